The number of carbonyl (C=O) groups is 1. The minimum Gasteiger partial charge on any atom is -0.497 e. The first-order valence-electron chi connectivity index (χ1n) is 5.44. The molecule has 4 heteroatoms. The molecule has 18 heavy (non-hydrogen) atoms. The molecule has 0 amide bonds. The van der Waals surface area contributed by atoms with Gasteiger partial charge in [-0.2, -0.15) is 5.26 Å². The van der Waals surface area contributed by atoms with Crippen LogP contribution in [0, 0.1) is 23.2 Å². The van der Waals surface area contributed by atoms with Crippen molar-refractivity contribution in [2.45, 2.75) is 13.3 Å². The van der Waals surface area contributed by atoms with Crippen molar-refractivity contribution in [2.75, 3.05) is 13.7 Å². The van der Waals surface area contributed by atoms with Crippen LogP contribution in [-0.4, -0.2) is 19.7 Å². The van der Waals surface area contributed by atoms with E-state index >= 15 is 0 Å². The van der Waals surface area contributed by atoms with Gasteiger partial charge in [-0.1, -0.05) is 11.8 Å². The fourth-order valence-electron chi connectivity index (χ4n) is 1.27. The third kappa shape index (κ3) is 3.84. The number of hydrogen-bond donors (Lipinski definition) is 0. The fourth-order valence-corrected chi connectivity index (χ4v) is 1.27. The molecule has 1 rings (SSSR count). The Morgan fingerprint density at radius 1 is 1.39 bits per heavy atom. The number of ether oxygens (including phenoxy) is 2. The summed E-state index contributed by atoms with van der Waals surface area (Å²) in [5, 5.41) is 8.92. The summed E-state index contributed by atoms with van der Waals surface area (Å²) >= 11 is 0. The van der Waals surface area contributed by atoms with Gasteiger partial charge in [0.2, 0.25) is 0 Å². The van der Waals surface area contributed by atoms with Crippen molar-refractivity contribution in [3.63, 3.8) is 0 Å². The molecule has 0 radical (unpaired) electrons. The molecule has 4 nitrogen and oxygen atoms in total. The minimum atomic E-state index is -0.369. The van der Waals surface area contributed by atoms with Gasteiger partial charge in [0.05, 0.1) is 19.3 Å². The molecule has 0 saturated heterocycles. The van der Waals surface area contributed by atoms with Crippen molar-refractivity contribution in [3.05, 3.63) is 29.3 Å². The van der Waals surface area contributed by atoms with Crippen molar-refractivity contribution in [1.29, 1.82) is 5.26 Å². The smallest absolute Gasteiger partial charge is 0.317 e. The van der Waals surface area contributed by atoms with Gasteiger partial charge in [-0.25, -0.2) is 0 Å². The quantitative estimate of drug-likeness (QED) is 0.600. The zero-order chi connectivity index (χ0) is 13.4. The zero-order valence-electron chi connectivity index (χ0n) is 10.3. The van der Waals surface area contributed by atoms with E-state index in [0.29, 0.717) is 23.5 Å². The van der Waals surface area contributed by atoms with E-state index in [2.05, 4.69) is 11.8 Å². The molecule has 0 aliphatic heterocycles. The Balaban J connectivity index is 2.86. The predicted molar refractivity (Wildman–Crippen MR) is 65.8 cm³/mol. The first-order chi connectivity index (χ1) is 8.71. The number of hydrogen-bond acceptors (Lipinski definition) is 4. The molecule has 0 spiro atoms. The van der Waals surface area contributed by atoms with Gasteiger partial charge in [0, 0.05) is 5.56 Å². The average Bonchev–Trinajstić information content (AvgIpc) is 2.39. The molecule has 0 saturated carbocycles. The molecular weight excluding hydrogens is 230 g/mol. The topological polar surface area (TPSA) is 59.3 Å². The van der Waals surface area contributed by atoms with E-state index in [1.807, 2.05) is 6.07 Å². The van der Waals surface area contributed by atoms with E-state index in [9.17, 15) is 4.79 Å². The average molecular weight is 243 g/mol. The monoisotopic (exact) mass is 243 g/mol. The normalized spacial score (nSPS) is 8.72. The lowest BCUT2D eigenvalue weighted by Gasteiger charge is -2.01. The van der Waals surface area contributed by atoms with Crippen LogP contribution in [0.5, 0.6) is 5.75 Å². The summed E-state index contributed by atoms with van der Waals surface area (Å²) < 4.78 is 9.80. The Hall–Kier alpha value is -2.46. The molecule has 0 aromatic heterocycles. The molecule has 0 fully saturated rings. The van der Waals surface area contributed by atoms with E-state index in [1.54, 1.807) is 25.1 Å². The van der Waals surface area contributed by atoms with Crippen molar-refractivity contribution >= 4 is 5.97 Å². The second kappa shape index (κ2) is 6.98. The maximum atomic E-state index is 11.1. The van der Waals surface area contributed by atoms with Gasteiger partial charge in [-0.15, -0.1) is 0 Å². The molecular formula is C14H13NO3. The lowest BCUT2D eigenvalue weighted by atomic mass is 10.1. The van der Waals surface area contributed by atoms with Gasteiger partial charge in [-0.05, 0) is 25.1 Å². The Morgan fingerprint density at radius 3 is 2.78 bits per heavy atom. The van der Waals surface area contributed by atoms with Crippen LogP contribution >= 0.6 is 0 Å². The fraction of sp³-hybridized carbons (Fsp3) is 0.286. The van der Waals surface area contributed by atoms with Gasteiger partial charge < -0.3 is 9.47 Å². The van der Waals surface area contributed by atoms with Crippen molar-refractivity contribution in [2.24, 2.45) is 0 Å². The van der Waals surface area contributed by atoms with E-state index < -0.39 is 0 Å². The number of nitriles is 1. The van der Waals surface area contributed by atoms with Crippen molar-refractivity contribution in [3.8, 4) is 23.7 Å². The molecule has 1 aromatic rings. The predicted octanol–water partition coefficient (Wildman–Crippen LogP) is 1.87. The Bertz CT molecular complexity index is 532. The molecule has 0 atom stereocenters. The second-order valence-electron chi connectivity index (χ2n) is 3.31. The van der Waals surface area contributed by atoms with Crippen LogP contribution in [0.2, 0.25) is 0 Å². The number of rotatable bonds is 3. The number of benzene rings is 1. The molecule has 92 valence electrons. The summed E-state index contributed by atoms with van der Waals surface area (Å²) in [6, 6.07) is 7.02. The summed E-state index contributed by atoms with van der Waals surface area (Å²) in [6.07, 6.45) is 0.00984. The highest BCUT2D eigenvalue weighted by molar-refractivity contribution is 5.72. The van der Waals surface area contributed by atoms with Gasteiger partial charge in [0.1, 0.15) is 18.2 Å². The van der Waals surface area contributed by atoms with Crippen LogP contribution < -0.4 is 4.74 Å². The van der Waals surface area contributed by atoms with Gasteiger partial charge in [0.15, 0.2) is 0 Å². The molecule has 0 aliphatic rings. The van der Waals surface area contributed by atoms with E-state index in [-0.39, 0.29) is 12.4 Å². The summed E-state index contributed by atoms with van der Waals surface area (Å²) in [4.78, 5) is 11.1. The lowest BCUT2D eigenvalue weighted by Crippen LogP contribution is -2.01. The molecule has 0 aliphatic carbocycles. The van der Waals surface area contributed by atoms with Crippen LogP contribution in [-0.2, 0) is 9.53 Å². The Labute approximate surface area is 106 Å². The third-order valence-corrected chi connectivity index (χ3v) is 2.11. The maximum absolute atomic E-state index is 11.1. The summed E-state index contributed by atoms with van der Waals surface area (Å²) in [5.74, 6) is 5.71. The first-order valence-corrected chi connectivity index (χ1v) is 5.44. The summed E-state index contributed by atoms with van der Waals surface area (Å²) in [6.45, 7) is 2.07. The van der Waals surface area contributed by atoms with Crippen LogP contribution in [0.4, 0.5) is 0 Å². The van der Waals surface area contributed by atoms with E-state index in [0.717, 1.165) is 0 Å². The Morgan fingerprint density at radius 2 is 2.17 bits per heavy atom. The number of methoxy groups -OCH3 is 1. The number of nitrogens with zero attached hydrogens (tertiary/aromatic N) is 1. The standard InChI is InChI=1S/C14H13NO3/c1-3-18-14(16)6-4-5-11-9-13(17-2)8-7-12(11)10-15/h7-9H,3,6H2,1-2H3. The molecule has 0 heterocycles. The highest BCUT2D eigenvalue weighted by atomic mass is 16.5. The molecule has 0 N–H and O–H groups in total. The highest BCUT2D eigenvalue weighted by Gasteiger charge is 2.02. The molecule has 0 bridgehead atoms. The number of carbonyl (C=O) groups excluding carboxylic acids is 1. The van der Waals surface area contributed by atoms with Gasteiger partial charge in [0.25, 0.3) is 0 Å². The molecule has 0 unspecified atom stereocenters. The zero-order valence-corrected chi connectivity index (χ0v) is 10.3. The first kappa shape index (κ1) is 13.6. The Kier molecular flexibility index (Phi) is 5.28. The second-order valence-corrected chi connectivity index (χ2v) is 3.31. The van der Waals surface area contributed by atoms with E-state index in [1.165, 1.54) is 7.11 Å². The highest BCUT2D eigenvalue weighted by Crippen LogP contribution is 2.16. The third-order valence-electron chi connectivity index (χ3n) is 2.11. The van der Waals surface area contributed by atoms with Crippen molar-refractivity contribution in [1.82, 2.24) is 0 Å². The van der Waals surface area contributed by atoms with Crippen LogP contribution in [0.3, 0.4) is 0 Å². The summed E-state index contributed by atoms with van der Waals surface area (Å²) in [7, 11) is 1.54. The SMILES string of the molecule is CCOC(=O)CC#Cc1cc(OC)ccc1C#N. The van der Waals surface area contributed by atoms with Crippen molar-refractivity contribution < 1.29 is 14.3 Å². The minimum absolute atomic E-state index is 0.00984. The molecule has 1 aromatic carbocycles. The maximum Gasteiger partial charge on any atom is 0.317 e. The van der Waals surface area contributed by atoms with Crippen LogP contribution in [0.15, 0.2) is 18.2 Å². The lowest BCUT2D eigenvalue weighted by molar-refractivity contribution is -0.141. The summed E-state index contributed by atoms with van der Waals surface area (Å²) in [5.41, 5.74) is 0.994. The van der Waals surface area contributed by atoms with Crippen LogP contribution in [0.25, 0.3) is 0 Å². The van der Waals surface area contributed by atoms with Gasteiger partial charge >= 0.3 is 5.97 Å². The van der Waals surface area contributed by atoms with E-state index in [4.69, 9.17) is 14.7 Å². The largest absolute Gasteiger partial charge is 0.497 e. The van der Waals surface area contributed by atoms with Gasteiger partial charge in [-0.3, -0.25) is 4.79 Å². The van der Waals surface area contributed by atoms with Crippen LogP contribution in [0.1, 0.15) is 24.5 Å². The number of esters is 1.